The summed E-state index contributed by atoms with van der Waals surface area (Å²) >= 11 is 0. The van der Waals surface area contributed by atoms with Gasteiger partial charge >= 0.3 is 0 Å². The first-order chi connectivity index (χ1) is 5.16. The predicted octanol–water partition coefficient (Wildman–Crippen LogP) is 1.50. The van der Waals surface area contributed by atoms with Crippen molar-refractivity contribution in [2.45, 2.75) is 19.8 Å². The van der Waals surface area contributed by atoms with Crippen molar-refractivity contribution >= 4 is 0 Å². The largest absolute Gasteiger partial charge is 0.316 e. The van der Waals surface area contributed by atoms with Gasteiger partial charge in [-0.2, -0.15) is 0 Å². The minimum atomic E-state index is 0.909. The van der Waals surface area contributed by atoms with E-state index in [1.54, 1.807) is 0 Å². The van der Waals surface area contributed by atoms with Crippen LogP contribution in [0.25, 0.3) is 0 Å². The Balaban J connectivity index is 2.43. The second-order valence-electron chi connectivity index (χ2n) is 4.11. The number of quaternary nitrogens is 1. The van der Waals surface area contributed by atoms with Crippen molar-refractivity contribution < 1.29 is 4.48 Å². The Morgan fingerprint density at radius 3 is 2.45 bits per heavy atom. The molecule has 0 aliphatic carbocycles. The summed E-state index contributed by atoms with van der Waals surface area (Å²) < 4.78 is 1.10. The van der Waals surface area contributed by atoms with Crippen LogP contribution in [-0.2, 0) is 0 Å². The number of nitrogens with zero attached hydrogens (tertiary/aromatic N) is 1. The fourth-order valence-corrected chi connectivity index (χ4v) is 1.70. The lowest BCUT2D eigenvalue weighted by Gasteiger charge is -2.38. The zero-order valence-corrected chi connectivity index (χ0v) is 7.64. The van der Waals surface area contributed by atoms with E-state index in [2.05, 4.69) is 19.9 Å². The Bertz CT molecular complexity index is 158. The van der Waals surface area contributed by atoms with Gasteiger partial charge in [0.1, 0.15) is 6.54 Å². The van der Waals surface area contributed by atoms with Crippen LogP contribution in [0.2, 0.25) is 0 Å². The second-order valence-corrected chi connectivity index (χ2v) is 4.11. The predicted molar refractivity (Wildman–Crippen MR) is 48.0 cm³/mol. The van der Waals surface area contributed by atoms with Crippen LogP contribution in [0.1, 0.15) is 19.8 Å². The van der Waals surface area contributed by atoms with Gasteiger partial charge in [-0.05, 0) is 24.7 Å². The van der Waals surface area contributed by atoms with Gasteiger partial charge in [0.25, 0.3) is 0 Å². The summed E-state index contributed by atoms with van der Waals surface area (Å²) in [7, 11) is 2.27. The summed E-state index contributed by atoms with van der Waals surface area (Å²) in [6.45, 7) is 5.78. The van der Waals surface area contributed by atoms with Crippen molar-refractivity contribution in [3.05, 3.63) is 0 Å². The summed E-state index contributed by atoms with van der Waals surface area (Å²) in [5, 5.41) is 0. The Labute approximate surface area is 70.0 Å². The molecule has 0 bridgehead atoms. The molecule has 1 fully saturated rings. The minimum absolute atomic E-state index is 0.909. The van der Waals surface area contributed by atoms with Gasteiger partial charge in [-0.3, -0.25) is 0 Å². The first-order valence-electron chi connectivity index (χ1n) is 4.43. The highest BCUT2D eigenvalue weighted by Gasteiger charge is 2.26. The smallest absolute Gasteiger partial charge is 0.140 e. The van der Waals surface area contributed by atoms with Gasteiger partial charge in [0.2, 0.25) is 0 Å². The summed E-state index contributed by atoms with van der Waals surface area (Å²) in [6.07, 6.45) is 8.00. The van der Waals surface area contributed by atoms with E-state index in [0.717, 1.165) is 16.9 Å². The summed E-state index contributed by atoms with van der Waals surface area (Å²) in [4.78, 5) is 0. The van der Waals surface area contributed by atoms with Crippen molar-refractivity contribution in [2.24, 2.45) is 5.92 Å². The average molecular weight is 152 g/mol. The lowest BCUT2D eigenvalue weighted by molar-refractivity contribution is -0.908. The molecule has 0 amide bonds. The first-order valence-corrected chi connectivity index (χ1v) is 4.43. The molecule has 1 rings (SSSR count). The van der Waals surface area contributed by atoms with Crippen LogP contribution in [0.15, 0.2) is 0 Å². The molecule has 1 heteroatoms. The summed E-state index contributed by atoms with van der Waals surface area (Å²) in [6, 6.07) is 0. The zero-order chi connectivity index (χ0) is 8.32. The van der Waals surface area contributed by atoms with Crippen LogP contribution >= 0.6 is 0 Å². The van der Waals surface area contributed by atoms with E-state index in [0.29, 0.717) is 0 Å². The van der Waals surface area contributed by atoms with Crippen LogP contribution in [0.5, 0.6) is 0 Å². The highest BCUT2D eigenvalue weighted by Crippen LogP contribution is 2.20. The molecule has 0 aromatic heterocycles. The Morgan fingerprint density at radius 1 is 1.45 bits per heavy atom. The molecule has 0 N–H and O–H groups in total. The summed E-state index contributed by atoms with van der Waals surface area (Å²) in [5.74, 6) is 3.68. The normalized spacial score (nSPS) is 38.1. The van der Waals surface area contributed by atoms with E-state index in [-0.39, 0.29) is 0 Å². The number of rotatable bonds is 1. The van der Waals surface area contributed by atoms with Gasteiger partial charge in [0, 0.05) is 0 Å². The van der Waals surface area contributed by atoms with Gasteiger partial charge in [0.05, 0.1) is 20.1 Å². The quantitative estimate of drug-likeness (QED) is 0.394. The van der Waals surface area contributed by atoms with Gasteiger partial charge in [0.15, 0.2) is 0 Å². The van der Waals surface area contributed by atoms with E-state index < -0.39 is 0 Å². The molecular weight excluding hydrogens is 134 g/mol. The molecule has 0 spiro atoms. The molecule has 1 saturated heterocycles. The third-order valence-electron chi connectivity index (χ3n) is 2.80. The van der Waals surface area contributed by atoms with Gasteiger partial charge in [-0.15, -0.1) is 6.42 Å². The zero-order valence-electron chi connectivity index (χ0n) is 7.64. The molecule has 62 valence electrons. The molecule has 0 unspecified atom stereocenters. The molecule has 0 aromatic carbocycles. The maximum Gasteiger partial charge on any atom is 0.140 e. The van der Waals surface area contributed by atoms with Gasteiger partial charge < -0.3 is 4.48 Å². The Morgan fingerprint density at radius 2 is 2.00 bits per heavy atom. The van der Waals surface area contributed by atoms with Crippen molar-refractivity contribution in [3.63, 3.8) is 0 Å². The SMILES string of the molecule is C#CC[N+]1(C)CCC(C)CC1. The van der Waals surface area contributed by atoms with E-state index in [9.17, 15) is 0 Å². The number of piperidine rings is 1. The van der Waals surface area contributed by atoms with Gasteiger partial charge in [-0.1, -0.05) is 6.92 Å². The van der Waals surface area contributed by atoms with Crippen LogP contribution < -0.4 is 0 Å². The molecule has 0 radical (unpaired) electrons. The van der Waals surface area contributed by atoms with E-state index in [1.165, 1.54) is 25.9 Å². The summed E-state index contributed by atoms with van der Waals surface area (Å²) in [5.41, 5.74) is 0. The van der Waals surface area contributed by atoms with E-state index in [1.807, 2.05) is 0 Å². The monoisotopic (exact) mass is 152 g/mol. The van der Waals surface area contributed by atoms with Gasteiger partial charge in [-0.25, -0.2) is 0 Å². The van der Waals surface area contributed by atoms with Crippen LogP contribution in [0.3, 0.4) is 0 Å². The lowest BCUT2D eigenvalue weighted by Crippen LogP contribution is -2.49. The molecule has 1 nitrogen and oxygen atoms in total. The third-order valence-corrected chi connectivity index (χ3v) is 2.80. The number of hydrogen-bond donors (Lipinski definition) is 0. The van der Waals surface area contributed by atoms with Crippen LogP contribution in [-0.4, -0.2) is 31.2 Å². The highest BCUT2D eigenvalue weighted by molar-refractivity contribution is 4.84. The van der Waals surface area contributed by atoms with E-state index >= 15 is 0 Å². The first kappa shape index (κ1) is 8.62. The Kier molecular flexibility index (Phi) is 2.57. The van der Waals surface area contributed by atoms with Crippen LogP contribution in [0.4, 0.5) is 0 Å². The molecule has 0 atom stereocenters. The Hall–Kier alpha value is -0.480. The van der Waals surface area contributed by atoms with Crippen molar-refractivity contribution in [2.75, 3.05) is 26.7 Å². The van der Waals surface area contributed by atoms with Crippen molar-refractivity contribution in [1.29, 1.82) is 0 Å². The minimum Gasteiger partial charge on any atom is -0.316 e. The fourth-order valence-electron chi connectivity index (χ4n) is 1.70. The second kappa shape index (κ2) is 3.28. The number of likely N-dealkylation sites (tertiary alicyclic amines) is 1. The van der Waals surface area contributed by atoms with Crippen molar-refractivity contribution in [1.82, 2.24) is 0 Å². The molecule has 0 saturated carbocycles. The number of hydrogen-bond acceptors (Lipinski definition) is 0. The molecule has 1 aliphatic rings. The molecule has 11 heavy (non-hydrogen) atoms. The third kappa shape index (κ3) is 2.24. The molecule has 0 aromatic rings. The standard InChI is InChI=1S/C10H18N/c1-4-7-11(3)8-5-10(2)6-9-11/h1,10H,5-9H2,2-3H3/q+1. The molecule has 1 heterocycles. The lowest BCUT2D eigenvalue weighted by atomic mass is 9.97. The molecular formula is C10H18N+. The number of terminal acetylenes is 1. The maximum atomic E-state index is 5.31. The fraction of sp³-hybridized carbons (Fsp3) is 0.800. The highest BCUT2D eigenvalue weighted by atomic mass is 15.3. The molecule has 1 aliphatic heterocycles. The topological polar surface area (TPSA) is 0 Å². The van der Waals surface area contributed by atoms with Crippen LogP contribution in [0, 0.1) is 18.3 Å². The maximum absolute atomic E-state index is 5.31. The van der Waals surface area contributed by atoms with Crippen molar-refractivity contribution in [3.8, 4) is 12.3 Å². The van der Waals surface area contributed by atoms with E-state index in [4.69, 9.17) is 6.42 Å². The average Bonchev–Trinajstić information content (AvgIpc) is 1.97.